The van der Waals surface area contributed by atoms with Crippen molar-refractivity contribution in [2.75, 3.05) is 0 Å². The largest absolute Gasteiger partial charge is 0.456 e. The molecule has 1 aromatic carbocycles. The van der Waals surface area contributed by atoms with Crippen LogP contribution in [-0.2, 0) is 4.74 Å². The summed E-state index contributed by atoms with van der Waals surface area (Å²) in [6, 6.07) is 4.44. The molecule has 1 rings (SSSR count). The third kappa shape index (κ3) is 3.35. The number of carbonyl (C=O) groups is 2. The summed E-state index contributed by atoms with van der Waals surface area (Å²) in [4.78, 5) is 22.2. The van der Waals surface area contributed by atoms with Crippen LogP contribution in [0, 0.1) is 0 Å². The highest BCUT2D eigenvalue weighted by Gasteiger charge is 2.18. The van der Waals surface area contributed by atoms with Gasteiger partial charge in [-0.25, -0.2) is 4.79 Å². The minimum absolute atomic E-state index is 0.248. The molecule has 0 saturated carbocycles. The summed E-state index contributed by atoms with van der Waals surface area (Å²) >= 11 is 5.81. The molecule has 1 aromatic rings. The molecule has 0 aliphatic carbocycles. The number of hydrogen-bond acceptors (Lipinski definition) is 3. The number of ether oxygens (including phenoxy) is 1. The third-order valence-corrected chi connectivity index (χ3v) is 2.09. The van der Waals surface area contributed by atoms with Gasteiger partial charge in [0.2, 0.25) is 0 Å². The van der Waals surface area contributed by atoms with Gasteiger partial charge in [0.25, 0.3) is 0 Å². The van der Waals surface area contributed by atoms with Crippen molar-refractivity contribution in [3.8, 4) is 0 Å². The second-order valence-corrected chi connectivity index (χ2v) is 4.76. The second-order valence-electron chi connectivity index (χ2n) is 4.36. The van der Waals surface area contributed by atoms with E-state index in [1.165, 1.54) is 18.2 Å². The molecule has 0 unspecified atom stereocenters. The Balaban J connectivity index is 2.94. The van der Waals surface area contributed by atoms with E-state index in [2.05, 4.69) is 0 Å². The van der Waals surface area contributed by atoms with E-state index < -0.39 is 11.6 Å². The van der Waals surface area contributed by atoms with E-state index in [1.54, 1.807) is 20.8 Å². The molecule has 0 atom stereocenters. The highest BCUT2D eigenvalue weighted by Crippen LogP contribution is 2.18. The predicted molar refractivity (Wildman–Crippen MR) is 62.0 cm³/mol. The fraction of sp³-hybridized carbons (Fsp3) is 0.333. The number of benzene rings is 1. The normalized spacial score (nSPS) is 11.0. The molecule has 0 aliphatic heterocycles. The van der Waals surface area contributed by atoms with Crippen molar-refractivity contribution >= 4 is 23.9 Å². The summed E-state index contributed by atoms with van der Waals surface area (Å²) < 4.78 is 5.17. The number of carbonyl (C=O) groups excluding carboxylic acids is 2. The van der Waals surface area contributed by atoms with Gasteiger partial charge >= 0.3 is 5.97 Å². The summed E-state index contributed by atoms with van der Waals surface area (Å²) in [6.45, 7) is 5.35. The van der Waals surface area contributed by atoms with Gasteiger partial charge < -0.3 is 4.74 Å². The molecule has 0 aromatic heterocycles. The summed E-state index contributed by atoms with van der Waals surface area (Å²) in [5.41, 5.74) is 0.145. The molecule has 0 spiro atoms. The first-order valence-corrected chi connectivity index (χ1v) is 5.19. The Labute approximate surface area is 99.4 Å². The SMILES string of the molecule is CC(C)(C)OC(=O)c1ccc(C=O)c(Cl)c1. The molecule has 0 radical (unpaired) electrons. The van der Waals surface area contributed by atoms with E-state index in [0.717, 1.165) is 0 Å². The molecule has 4 heteroatoms. The number of halogens is 1. The van der Waals surface area contributed by atoms with E-state index >= 15 is 0 Å². The van der Waals surface area contributed by atoms with Crippen LogP contribution in [0.1, 0.15) is 41.5 Å². The van der Waals surface area contributed by atoms with Crippen LogP contribution < -0.4 is 0 Å². The van der Waals surface area contributed by atoms with Gasteiger partial charge in [0, 0.05) is 5.56 Å². The molecular formula is C12H13ClO3. The number of aldehydes is 1. The van der Waals surface area contributed by atoms with Crippen molar-refractivity contribution in [1.82, 2.24) is 0 Å². The molecule has 0 bridgehead atoms. The van der Waals surface area contributed by atoms with Crippen molar-refractivity contribution in [3.63, 3.8) is 0 Å². The van der Waals surface area contributed by atoms with E-state index in [9.17, 15) is 9.59 Å². The molecule has 0 heterocycles. The molecule has 0 saturated heterocycles. The average Bonchev–Trinajstić information content (AvgIpc) is 2.15. The standard InChI is InChI=1S/C12H13ClO3/c1-12(2,3)16-11(15)8-4-5-9(7-14)10(13)6-8/h4-7H,1-3H3. The Morgan fingerprint density at radius 1 is 1.38 bits per heavy atom. The van der Waals surface area contributed by atoms with Crippen LogP contribution >= 0.6 is 11.6 Å². The highest BCUT2D eigenvalue weighted by molar-refractivity contribution is 6.33. The Morgan fingerprint density at radius 3 is 2.44 bits per heavy atom. The van der Waals surface area contributed by atoms with E-state index in [-0.39, 0.29) is 5.02 Å². The zero-order valence-corrected chi connectivity index (χ0v) is 10.2. The van der Waals surface area contributed by atoms with Gasteiger partial charge in [-0.3, -0.25) is 4.79 Å². The maximum Gasteiger partial charge on any atom is 0.338 e. The van der Waals surface area contributed by atoms with Crippen LogP contribution in [0.15, 0.2) is 18.2 Å². The zero-order chi connectivity index (χ0) is 12.3. The quantitative estimate of drug-likeness (QED) is 0.589. The van der Waals surface area contributed by atoms with E-state index in [4.69, 9.17) is 16.3 Å². The van der Waals surface area contributed by atoms with Gasteiger partial charge in [-0.1, -0.05) is 11.6 Å². The Hall–Kier alpha value is -1.35. The molecule has 3 nitrogen and oxygen atoms in total. The minimum atomic E-state index is -0.549. The number of hydrogen-bond donors (Lipinski definition) is 0. The zero-order valence-electron chi connectivity index (χ0n) is 9.41. The maximum absolute atomic E-state index is 11.6. The lowest BCUT2D eigenvalue weighted by molar-refractivity contribution is 0.00694. The lowest BCUT2D eigenvalue weighted by atomic mass is 10.1. The molecule has 0 amide bonds. The second kappa shape index (κ2) is 4.66. The maximum atomic E-state index is 11.6. The summed E-state index contributed by atoms with van der Waals surface area (Å²) in [5, 5.41) is 0.248. The number of rotatable bonds is 2. The molecule has 86 valence electrons. The first-order valence-electron chi connectivity index (χ1n) is 4.81. The Bertz CT molecular complexity index is 419. The van der Waals surface area contributed by atoms with E-state index in [0.29, 0.717) is 17.4 Å². The first-order chi connectivity index (χ1) is 7.33. The lowest BCUT2D eigenvalue weighted by Crippen LogP contribution is -2.23. The van der Waals surface area contributed by atoms with Crippen molar-refractivity contribution < 1.29 is 14.3 Å². The first kappa shape index (κ1) is 12.7. The van der Waals surface area contributed by atoms with Crippen LogP contribution in [0.25, 0.3) is 0 Å². The fourth-order valence-electron chi connectivity index (χ4n) is 1.09. The minimum Gasteiger partial charge on any atom is -0.456 e. The summed E-state index contributed by atoms with van der Waals surface area (Å²) in [5.74, 6) is -0.452. The summed E-state index contributed by atoms with van der Waals surface area (Å²) in [6.07, 6.45) is 0.640. The molecule has 0 aliphatic rings. The summed E-state index contributed by atoms with van der Waals surface area (Å²) in [7, 11) is 0. The van der Waals surface area contributed by atoms with Crippen molar-refractivity contribution in [2.45, 2.75) is 26.4 Å². The van der Waals surface area contributed by atoms with Crippen molar-refractivity contribution in [3.05, 3.63) is 34.3 Å². The molecular weight excluding hydrogens is 228 g/mol. The van der Waals surface area contributed by atoms with Gasteiger partial charge in [-0.2, -0.15) is 0 Å². The lowest BCUT2D eigenvalue weighted by Gasteiger charge is -2.19. The van der Waals surface area contributed by atoms with Gasteiger partial charge in [0.1, 0.15) is 5.60 Å². The van der Waals surface area contributed by atoms with Gasteiger partial charge in [0.15, 0.2) is 6.29 Å². The highest BCUT2D eigenvalue weighted by atomic mass is 35.5. The van der Waals surface area contributed by atoms with Crippen LogP contribution in [0.2, 0.25) is 5.02 Å². The van der Waals surface area contributed by atoms with Crippen LogP contribution in [0.4, 0.5) is 0 Å². The smallest absolute Gasteiger partial charge is 0.338 e. The fourth-order valence-corrected chi connectivity index (χ4v) is 1.31. The van der Waals surface area contributed by atoms with Gasteiger partial charge in [-0.05, 0) is 39.0 Å². The predicted octanol–water partition coefficient (Wildman–Crippen LogP) is 3.11. The third-order valence-electron chi connectivity index (χ3n) is 1.76. The van der Waals surface area contributed by atoms with Gasteiger partial charge in [-0.15, -0.1) is 0 Å². The van der Waals surface area contributed by atoms with Crippen molar-refractivity contribution in [1.29, 1.82) is 0 Å². The topological polar surface area (TPSA) is 43.4 Å². The van der Waals surface area contributed by atoms with Gasteiger partial charge in [0.05, 0.1) is 10.6 Å². The Morgan fingerprint density at radius 2 is 2.00 bits per heavy atom. The van der Waals surface area contributed by atoms with Crippen molar-refractivity contribution in [2.24, 2.45) is 0 Å². The molecule has 0 N–H and O–H groups in total. The number of esters is 1. The Kier molecular flexibility index (Phi) is 3.70. The van der Waals surface area contributed by atoms with Crippen LogP contribution in [0.3, 0.4) is 0 Å². The van der Waals surface area contributed by atoms with Crippen LogP contribution in [-0.4, -0.2) is 17.9 Å². The molecule has 16 heavy (non-hydrogen) atoms. The molecule has 0 fully saturated rings. The van der Waals surface area contributed by atoms with Crippen LogP contribution in [0.5, 0.6) is 0 Å². The average molecular weight is 241 g/mol. The monoisotopic (exact) mass is 240 g/mol. The van der Waals surface area contributed by atoms with E-state index in [1.807, 2.05) is 0 Å².